The third-order valence-electron chi connectivity index (χ3n) is 4.25. The molecule has 1 aliphatic carbocycles. The van der Waals surface area contributed by atoms with Crippen LogP contribution in [0.2, 0.25) is 0 Å². The van der Waals surface area contributed by atoms with Gasteiger partial charge in [-0.2, -0.15) is 4.98 Å². The predicted molar refractivity (Wildman–Crippen MR) is 80.8 cm³/mol. The number of carbonyl (C=O) groups is 1. The molecule has 2 aromatic rings. The van der Waals surface area contributed by atoms with Crippen molar-refractivity contribution in [2.45, 2.75) is 38.6 Å². The quantitative estimate of drug-likeness (QED) is 0.818. The molecule has 2 aromatic heterocycles. The van der Waals surface area contributed by atoms with Crippen molar-refractivity contribution in [2.75, 3.05) is 7.05 Å². The number of aryl methyl sites for hydroxylation is 1. The lowest BCUT2D eigenvalue weighted by molar-refractivity contribution is -0.132. The Hall–Kier alpha value is -2.24. The van der Waals surface area contributed by atoms with Crippen LogP contribution in [0, 0.1) is 5.92 Å². The van der Waals surface area contributed by atoms with Gasteiger partial charge in [0.15, 0.2) is 0 Å². The van der Waals surface area contributed by atoms with E-state index in [-0.39, 0.29) is 5.91 Å². The summed E-state index contributed by atoms with van der Waals surface area (Å²) in [6.45, 7) is 2.11. The van der Waals surface area contributed by atoms with E-state index in [1.807, 2.05) is 24.1 Å². The fourth-order valence-electron chi connectivity index (χ4n) is 2.48. The van der Waals surface area contributed by atoms with Crippen molar-refractivity contribution in [3.8, 4) is 11.4 Å². The number of hydrogen-bond donors (Lipinski definition) is 0. The molecule has 0 saturated heterocycles. The van der Waals surface area contributed by atoms with Crippen LogP contribution in [0.1, 0.15) is 32.1 Å². The third kappa shape index (κ3) is 3.32. The van der Waals surface area contributed by atoms with E-state index >= 15 is 0 Å². The molecular formula is C16H20N4O2. The minimum absolute atomic E-state index is 0.125. The molecule has 0 aromatic carbocycles. The first-order valence-electron chi connectivity index (χ1n) is 7.64. The van der Waals surface area contributed by atoms with Gasteiger partial charge in [-0.3, -0.25) is 9.78 Å². The maximum Gasteiger partial charge on any atom is 0.227 e. The zero-order valence-corrected chi connectivity index (χ0v) is 12.9. The van der Waals surface area contributed by atoms with Crippen molar-refractivity contribution in [1.82, 2.24) is 20.0 Å². The molecule has 1 aliphatic rings. The molecule has 0 unspecified atom stereocenters. The van der Waals surface area contributed by atoms with Gasteiger partial charge in [-0.25, -0.2) is 0 Å². The number of carbonyl (C=O) groups excluding carboxylic acids is 1. The van der Waals surface area contributed by atoms with Crippen LogP contribution < -0.4 is 0 Å². The van der Waals surface area contributed by atoms with E-state index in [0.717, 1.165) is 5.56 Å². The van der Waals surface area contributed by atoms with Gasteiger partial charge in [-0.1, -0.05) is 5.16 Å². The molecule has 2 heterocycles. The van der Waals surface area contributed by atoms with Gasteiger partial charge in [0, 0.05) is 43.9 Å². The van der Waals surface area contributed by atoms with Gasteiger partial charge in [0.25, 0.3) is 0 Å². The minimum atomic E-state index is 0.125. The van der Waals surface area contributed by atoms with Gasteiger partial charge in [0.1, 0.15) is 0 Å². The Balaban J connectivity index is 1.55. The van der Waals surface area contributed by atoms with Gasteiger partial charge in [-0.05, 0) is 37.8 Å². The third-order valence-corrected chi connectivity index (χ3v) is 4.25. The Morgan fingerprint density at radius 2 is 2.32 bits per heavy atom. The predicted octanol–water partition coefficient (Wildman–Crippen LogP) is 2.32. The summed E-state index contributed by atoms with van der Waals surface area (Å²) in [4.78, 5) is 22.4. The topological polar surface area (TPSA) is 72.1 Å². The van der Waals surface area contributed by atoms with Crippen LogP contribution in [0.5, 0.6) is 0 Å². The summed E-state index contributed by atoms with van der Waals surface area (Å²) in [7, 11) is 1.88. The number of hydrogen-bond acceptors (Lipinski definition) is 5. The van der Waals surface area contributed by atoms with Crippen LogP contribution >= 0.6 is 0 Å². The number of amides is 1. The maximum absolute atomic E-state index is 12.2. The second-order valence-corrected chi connectivity index (χ2v) is 5.84. The Morgan fingerprint density at radius 1 is 1.50 bits per heavy atom. The average molecular weight is 300 g/mol. The molecule has 0 spiro atoms. The van der Waals surface area contributed by atoms with Gasteiger partial charge in [0.2, 0.25) is 17.6 Å². The summed E-state index contributed by atoms with van der Waals surface area (Å²) in [5.74, 6) is 1.80. The van der Waals surface area contributed by atoms with Crippen LogP contribution in [0.4, 0.5) is 0 Å². The summed E-state index contributed by atoms with van der Waals surface area (Å²) in [5.41, 5.74) is 0.809. The lowest BCUT2D eigenvalue weighted by Crippen LogP contribution is -2.36. The first-order chi connectivity index (χ1) is 10.6. The largest absolute Gasteiger partial charge is 0.343 e. The van der Waals surface area contributed by atoms with Crippen LogP contribution in [0.15, 0.2) is 29.0 Å². The molecule has 1 amide bonds. The normalized spacial score (nSPS) is 15.5. The number of aromatic nitrogens is 3. The fraction of sp³-hybridized carbons (Fsp3) is 0.500. The molecule has 0 aliphatic heterocycles. The number of nitrogens with zero attached hydrogens (tertiary/aromatic N) is 4. The molecule has 22 heavy (non-hydrogen) atoms. The highest BCUT2D eigenvalue weighted by molar-refractivity contribution is 5.76. The number of pyridine rings is 1. The molecule has 116 valence electrons. The first kappa shape index (κ1) is 14.7. The molecule has 0 radical (unpaired) electrons. The Morgan fingerprint density at radius 3 is 3.00 bits per heavy atom. The summed E-state index contributed by atoms with van der Waals surface area (Å²) >= 11 is 0. The molecule has 1 atom stereocenters. The zero-order valence-electron chi connectivity index (χ0n) is 12.9. The summed E-state index contributed by atoms with van der Waals surface area (Å²) in [6.07, 6.45) is 6.70. The van der Waals surface area contributed by atoms with Crippen molar-refractivity contribution in [3.05, 3.63) is 30.4 Å². The van der Waals surface area contributed by atoms with Crippen molar-refractivity contribution in [1.29, 1.82) is 0 Å². The highest BCUT2D eigenvalue weighted by Gasteiger charge is 2.32. The van der Waals surface area contributed by atoms with Gasteiger partial charge in [-0.15, -0.1) is 0 Å². The van der Waals surface area contributed by atoms with Gasteiger partial charge >= 0.3 is 0 Å². The zero-order chi connectivity index (χ0) is 15.5. The van der Waals surface area contributed by atoms with Crippen molar-refractivity contribution < 1.29 is 9.32 Å². The molecular weight excluding hydrogens is 280 g/mol. The molecule has 3 rings (SSSR count). The average Bonchev–Trinajstić information content (AvgIpc) is 3.30. The van der Waals surface area contributed by atoms with E-state index < -0.39 is 0 Å². The first-order valence-corrected chi connectivity index (χ1v) is 7.64. The highest BCUT2D eigenvalue weighted by Crippen LogP contribution is 2.34. The second-order valence-electron chi connectivity index (χ2n) is 5.84. The van der Waals surface area contributed by atoms with Crippen LogP contribution in [0.25, 0.3) is 11.4 Å². The number of rotatable bonds is 6. The summed E-state index contributed by atoms with van der Waals surface area (Å²) in [6, 6.07) is 4.02. The van der Waals surface area contributed by atoms with Gasteiger partial charge < -0.3 is 9.42 Å². The highest BCUT2D eigenvalue weighted by atomic mass is 16.5. The Labute approximate surface area is 129 Å². The molecule has 6 nitrogen and oxygen atoms in total. The van der Waals surface area contributed by atoms with Crippen molar-refractivity contribution in [3.63, 3.8) is 0 Å². The van der Waals surface area contributed by atoms with E-state index in [1.165, 1.54) is 12.8 Å². The van der Waals surface area contributed by atoms with Crippen molar-refractivity contribution >= 4 is 5.91 Å². The van der Waals surface area contributed by atoms with Crippen LogP contribution in [-0.2, 0) is 11.2 Å². The second kappa shape index (κ2) is 6.25. The molecule has 6 heteroatoms. The summed E-state index contributed by atoms with van der Waals surface area (Å²) < 4.78 is 5.21. The smallest absolute Gasteiger partial charge is 0.227 e. The molecule has 1 saturated carbocycles. The maximum atomic E-state index is 12.2. The monoisotopic (exact) mass is 300 g/mol. The molecule has 1 fully saturated rings. The van der Waals surface area contributed by atoms with E-state index in [0.29, 0.717) is 36.5 Å². The van der Waals surface area contributed by atoms with Crippen LogP contribution in [0.3, 0.4) is 0 Å². The van der Waals surface area contributed by atoms with Gasteiger partial charge in [0.05, 0.1) is 0 Å². The lowest BCUT2D eigenvalue weighted by Gasteiger charge is -2.24. The van der Waals surface area contributed by atoms with E-state index in [1.54, 1.807) is 12.4 Å². The lowest BCUT2D eigenvalue weighted by atomic mass is 10.1. The van der Waals surface area contributed by atoms with E-state index in [4.69, 9.17) is 4.52 Å². The van der Waals surface area contributed by atoms with Crippen LogP contribution in [-0.4, -0.2) is 39.0 Å². The fourth-order valence-corrected chi connectivity index (χ4v) is 2.48. The summed E-state index contributed by atoms with van der Waals surface area (Å²) in [5, 5.41) is 3.93. The standard InChI is InChI=1S/C16H20N4O2/c1-11(12-5-6-12)20(2)15(21)8-7-14-18-16(19-22-14)13-4-3-9-17-10-13/h3-4,9-12H,5-8H2,1-2H3/t11-/m0/s1. The molecule has 0 bridgehead atoms. The van der Waals surface area contributed by atoms with E-state index in [2.05, 4.69) is 22.0 Å². The minimum Gasteiger partial charge on any atom is -0.343 e. The SMILES string of the molecule is C[C@@H](C1CC1)N(C)C(=O)CCc1nc(-c2cccnc2)no1. The molecule has 0 N–H and O–H groups in total. The Bertz CT molecular complexity index is 637. The van der Waals surface area contributed by atoms with Crippen molar-refractivity contribution in [2.24, 2.45) is 5.92 Å². The van der Waals surface area contributed by atoms with E-state index in [9.17, 15) is 4.79 Å². The Kier molecular flexibility index (Phi) is 4.18.